The van der Waals surface area contributed by atoms with E-state index in [2.05, 4.69) is 5.32 Å². The van der Waals surface area contributed by atoms with Crippen LogP contribution in [0.2, 0.25) is 0 Å². The van der Waals surface area contributed by atoms with Crippen LogP contribution in [-0.4, -0.2) is 11.1 Å². The van der Waals surface area contributed by atoms with E-state index in [4.69, 9.17) is 11.6 Å². The second kappa shape index (κ2) is 6.30. The summed E-state index contributed by atoms with van der Waals surface area (Å²) in [6.07, 6.45) is 0. The first-order valence-electron chi connectivity index (χ1n) is 5.89. The summed E-state index contributed by atoms with van der Waals surface area (Å²) < 4.78 is 13.5. The molecule has 1 N–H and O–H groups in total. The minimum absolute atomic E-state index is 0.133. The lowest BCUT2D eigenvalue weighted by atomic mass is 10.1. The Morgan fingerprint density at radius 3 is 2.20 bits per heavy atom. The van der Waals surface area contributed by atoms with Gasteiger partial charge in [-0.05, 0) is 29.3 Å². The Hall–Kier alpha value is -2.20. The van der Waals surface area contributed by atoms with Crippen LogP contribution in [0.1, 0.15) is 22.0 Å². The zero-order valence-electron chi connectivity index (χ0n) is 10.3. The van der Waals surface area contributed by atoms with Gasteiger partial charge in [-0.15, -0.1) is 0 Å². The van der Waals surface area contributed by atoms with E-state index in [0.717, 1.165) is 0 Å². The lowest BCUT2D eigenvalue weighted by Gasteiger charge is -2.15. The van der Waals surface area contributed by atoms with Crippen LogP contribution in [0.25, 0.3) is 0 Å². The Morgan fingerprint density at radius 1 is 1.00 bits per heavy atom. The quantitative estimate of drug-likeness (QED) is 0.880. The predicted octanol–water partition coefficient (Wildman–Crippen LogP) is 3.06. The van der Waals surface area contributed by atoms with Gasteiger partial charge < -0.3 is 5.32 Å². The van der Waals surface area contributed by atoms with Gasteiger partial charge in [-0.3, -0.25) is 9.59 Å². The summed E-state index contributed by atoms with van der Waals surface area (Å²) in [7, 11) is 0. The Kier molecular flexibility index (Phi) is 4.48. The topological polar surface area (TPSA) is 46.2 Å². The lowest BCUT2D eigenvalue weighted by Crippen LogP contribution is -2.32. The molecule has 0 saturated heterocycles. The molecule has 0 heterocycles. The molecule has 102 valence electrons. The van der Waals surface area contributed by atoms with E-state index in [-0.39, 0.29) is 5.56 Å². The van der Waals surface area contributed by atoms with Crippen molar-refractivity contribution in [1.29, 1.82) is 0 Å². The Bertz CT molecular complexity index is 631. The molecule has 1 amide bonds. The van der Waals surface area contributed by atoms with Crippen LogP contribution in [0.3, 0.4) is 0 Å². The molecule has 2 aromatic rings. The van der Waals surface area contributed by atoms with E-state index in [1.807, 2.05) is 0 Å². The van der Waals surface area contributed by atoms with Gasteiger partial charge in [0, 0.05) is 0 Å². The molecule has 0 aromatic heterocycles. The van der Waals surface area contributed by atoms with Crippen LogP contribution in [0.4, 0.5) is 4.39 Å². The minimum atomic E-state index is -1.01. The fraction of sp³-hybridized carbons (Fsp3) is 0.0667. The Morgan fingerprint density at radius 2 is 1.60 bits per heavy atom. The first-order chi connectivity index (χ1) is 9.59. The molecule has 2 rings (SSSR count). The number of halogens is 2. The number of hydrogen-bond acceptors (Lipinski definition) is 2. The normalized spacial score (nSPS) is 11.7. The first kappa shape index (κ1) is 14.2. The largest absolute Gasteiger partial charge is 0.337 e. The van der Waals surface area contributed by atoms with Gasteiger partial charge in [0.2, 0.25) is 5.24 Å². The highest BCUT2D eigenvalue weighted by molar-refractivity contribution is 6.64. The van der Waals surface area contributed by atoms with Gasteiger partial charge in [0.15, 0.2) is 0 Å². The third-order valence-electron chi connectivity index (χ3n) is 2.75. The molecule has 1 atom stereocenters. The molecule has 0 aliphatic rings. The number of nitrogens with one attached hydrogen (secondary N) is 1. The monoisotopic (exact) mass is 291 g/mol. The van der Waals surface area contributed by atoms with Crippen molar-refractivity contribution in [3.8, 4) is 0 Å². The number of carbonyl (C=O) groups is 2. The van der Waals surface area contributed by atoms with Crippen molar-refractivity contribution in [3.63, 3.8) is 0 Å². The highest BCUT2D eigenvalue weighted by Gasteiger charge is 2.22. The van der Waals surface area contributed by atoms with E-state index in [0.29, 0.717) is 5.56 Å². The molecule has 0 saturated carbocycles. The van der Waals surface area contributed by atoms with Crippen molar-refractivity contribution in [2.75, 3.05) is 0 Å². The molecule has 0 radical (unpaired) electrons. The van der Waals surface area contributed by atoms with Crippen molar-refractivity contribution in [2.24, 2.45) is 0 Å². The molecule has 0 fully saturated rings. The highest BCUT2D eigenvalue weighted by atomic mass is 35.5. The van der Waals surface area contributed by atoms with Crippen molar-refractivity contribution in [2.45, 2.75) is 6.04 Å². The summed E-state index contributed by atoms with van der Waals surface area (Å²) in [5, 5.41) is 1.69. The van der Waals surface area contributed by atoms with Gasteiger partial charge in [-0.25, -0.2) is 4.39 Å². The van der Waals surface area contributed by atoms with Gasteiger partial charge in [0.1, 0.15) is 11.9 Å². The van der Waals surface area contributed by atoms with Crippen molar-refractivity contribution in [3.05, 3.63) is 71.5 Å². The molecular weight excluding hydrogens is 281 g/mol. The van der Waals surface area contributed by atoms with Crippen LogP contribution >= 0.6 is 11.6 Å². The maximum absolute atomic E-state index is 13.5. The molecule has 1 unspecified atom stereocenters. The molecule has 3 nitrogen and oxygen atoms in total. The van der Waals surface area contributed by atoms with Crippen molar-refractivity contribution < 1.29 is 14.0 Å². The van der Waals surface area contributed by atoms with Crippen LogP contribution in [0.15, 0.2) is 54.6 Å². The maximum atomic E-state index is 13.5. The summed E-state index contributed by atoms with van der Waals surface area (Å²) in [5.74, 6) is -1.34. The van der Waals surface area contributed by atoms with Crippen LogP contribution < -0.4 is 5.32 Å². The third-order valence-corrected chi connectivity index (χ3v) is 2.97. The first-order valence-corrected chi connectivity index (χ1v) is 6.27. The molecule has 2 aromatic carbocycles. The summed E-state index contributed by atoms with van der Waals surface area (Å²) >= 11 is 5.50. The lowest BCUT2D eigenvalue weighted by molar-refractivity contribution is -0.113. The molecule has 0 bridgehead atoms. The van der Waals surface area contributed by atoms with E-state index >= 15 is 0 Å². The highest BCUT2D eigenvalue weighted by Crippen LogP contribution is 2.17. The van der Waals surface area contributed by atoms with E-state index < -0.39 is 23.0 Å². The summed E-state index contributed by atoms with van der Waals surface area (Å²) in [5.41, 5.74) is 0.406. The minimum Gasteiger partial charge on any atom is -0.337 e. The maximum Gasteiger partial charge on any atom is 0.255 e. The number of rotatable bonds is 4. The van der Waals surface area contributed by atoms with Crippen molar-refractivity contribution in [1.82, 2.24) is 5.32 Å². The summed E-state index contributed by atoms with van der Waals surface area (Å²) in [6.45, 7) is 0. The third kappa shape index (κ3) is 3.22. The fourth-order valence-electron chi connectivity index (χ4n) is 1.77. The van der Waals surface area contributed by atoms with Gasteiger partial charge in [-0.2, -0.15) is 0 Å². The Balaban J connectivity index is 2.24. The zero-order valence-corrected chi connectivity index (χ0v) is 11.1. The zero-order chi connectivity index (χ0) is 14.5. The number of amides is 1. The molecular formula is C15H11ClFNO2. The SMILES string of the molecule is O=C(NC(C(=O)Cl)c1ccccc1)c1ccccc1F. The van der Waals surface area contributed by atoms with E-state index in [1.165, 1.54) is 24.3 Å². The van der Waals surface area contributed by atoms with E-state index in [1.54, 1.807) is 30.3 Å². The van der Waals surface area contributed by atoms with Crippen LogP contribution in [0, 0.1) is 5.82 Å². The second-order valence-corrected chi connectivity index (χ2v) is 4.47. The average Bonchev–Trinajstić information content (AvgIpc) is 2.45. The molecule has 5 heteroatoms. The molecule has 0 spiro atoms. The molecule has 20 heavy (non-hydrogen) atoms. The van der Waals surface area contributed by atoms with Crippen LogP contribution in [-0.2, 0) is 4.79 Å². The van der Waals surface area contributed by atoms with Gasteiger partial charge in [0.05, 0.1) is 5.56 Å². The van der Waals surface area contributed by atoms with Crippen molar-refractivity contribution >= 4 is 22.8 Å². The number of benzene rings is 2. The van der Waals surface area contributed by atoms with Gasteiger partial charge >= 0.3 is 0 Å². The predicted molar refractivity (Wildman–Crippen MR) is 73.9 cm³/mol. The second-order valence-electron chi connectivity index (χ2n) is 4.10. The van der Waals surface area contributed by atoms with Gasteiger partial charge in [0.25, 0.3) is 5.91 Å². The summed E-state index contributed by atoms with van der Waals surface area (Å²) in [4.78, 5) is 23.4. The van der Waals surface area contributed by atoms with Gasteiger partial charge in [-0.1, -0.05) is 42.5 Å². The molecule has 0 aliphatic carbocycles. The fourth-order valence-corrected chi connectivity index (χ4v) is 1.95. The standard InChI is InChI=1S/C15H11ClFNO2/c16-14(19)13(10-6-2-1-3-7-10)18-15(20)11-8-4-5-9-12(11)17/h1-9,13H,(H,18,20). The molecule has 0 aliphatic heterocycles. The summed E-state index contributed by atoms with van der Waals surface area (Å²) in [6, 6.07) is 13.1. The Labute approximate surface area is 120 Å². The number of carbonyl (C=O) groups excluding carboxylic acids is 2. The average molecular weight is 292 g/mol. The smallest absolute Gasteiger partial charge is 0.255 e. The van der Waals surface area contributed by atoms with Crippen LogP contribution in [0.5, 0.6) is 0 Å². The number of hydrogen-bond donors (Lipinski definition) is 1. The van der Waals surface area contributed by atoms with E-state index in [9.17, 15) is 14.0 Å².